The largest absolute Gasteiger partial charge is 0.416 e. The molecular weight excluding hydrogens is 305 g/mol. The van der Waals surface area contributed by atoms with Crippen LogP contribution < -0.4 is 10.0 Å². The van der Waals surface area contributed by atoms with Gasteiger partial charge < -0.3 is 5.32 Å². The summed E-state index contributed by atoms with van der Waals surface area (Å²) in [7, 11) is -3.64. The van der Waals surface area contributed by atoms with Gasteiger partial charge in [0.25, 0.3) is 0 Å². The van der Waals surface area contributed by atoms with Crippen molar-refractivity contribution < 1.29 is 21.6 Å². The summed E-state index contributed by atoms with van der Waals surface area (Å²) < 4.78 is 64.0. The summed E-state index contributed by atoms with van der Waals surface area (Å²) in [5, 5.41) is 3.15. The first-order valence-corrected chi connectivity index (χ1v) is 8.28. The number of rotatable bonds is 5. The van der Waals surface area contributed by atoms with Crippen molar-refractivity contribution in [3.05, 3.63) is 35.4 Å². The van der Waals surface area contributed by atoms with E-state index in [1.807, 2.05) is 0 Å². The fourth-order valence-corrected chi connectivity index (χ4v) is 3.44. The first kappa shape index (κ1) is 16.3. The molecule has 1 unspecified atom stereocenters. The van der Waals surface area contributed by atoms with Gasteiger partial charge in [0.1, 0.15) is 0 Å². The van der Waals surface area contributed by atoms with Gasteiger partial charge in [-0.3, -0.25) is 0 Å². The highest BCUT2D eigenvalue weighted by Crippen LogP contribution is 2.29. The maximum absolute atomic E-state index is 12.6. The van der Waals surface area contributed by atoms with Crippen molar-refractivity contribution in [2.24, 2.45) is 0 Å². The van der Waals surface area contributed by atoms with E-state index in [1.54, 1.807) is 0 Å². The zero-order valence-corrected chi connectivity index (χ0v) is 12.1. The minimum Gasteiger partial charge on any atom is -0.313 e. The molecule has 8 heteroatoms. The lowest BCUT2D eigenvalue weighted by Gasteiger charge is -2.13. The first-order valence-electron chi connectivity index (χ1n) is 6.63. The van der Waals surface area contributed by atoms with Gasteiger partial charge in [-0.1, -0.05) is 18.2 Å². The van der Waals surface area contributed by atoms with Gasteiger partial charge in [0.2, 0.25) is 10.0 Å². The van der Waals surface area contributed by atoms with Crippen LogP contribution in [0.4, 0.5) is 13.2 Å². The zero-order valence-electron chi connectivity index (χ0n) is 11.3. The standard InChI is InChI=1S/C13H17F3N2O2S/c14-13(15,16)11-4-1-3-10(7-11)9-21(19,20)18-8-12-5-2-6-17-12/h1,3-4,7,12,17-18H,2,5-6,8-9H2. The third-order valence-corrected chi connectivity index (χ3v) is 4.64. The van der Waals surface area contributed by atoms with Gasteiger partial charge in [0, 0.05) is 12.6 Å². The van der Waals surface area contributed by atoms with Crippen molar-refractivity contribution in [3.63, 3.8) is 0 Å². The molecule has 0 aromatic heterocycles. The molecule has 1 aliphatic heterocycles. The van der Waals surface area contributed by atoms with Crippen molar-refractivity contribution >= 4 is 10.0 Å². The van der Waals surface area contributed by atoms with Crippen molar-refractivity contribution in [2.45, 2.75) is 30.8 Å². The highest BCUT2D eigenvalue weighted by molar-refractivity contribution is 7.88. The molecule has 1 aromatic carbocycles. The topological polar surface area (TPSA) is 58.2 Å². The van der Waals surface area contributed by atoms with Gasteiger partial charge in [-0.15, -0.1) is 0 Å². The number of hydrogen-bond acceptors (Lipinski definition) is 3. The molecule has 0 aliphatic carbocycles. The number of hydrogen-bond donors (Lipinski definition) is 2. The number of sulfonamides is 1. The van der Waals surface area contributed by atoms with Crippen LogP contribution in [0.25, 0.3) is 0 Å². The van der Waals surface area contributed by atoms with Crippen LogP contribution in [0.15, 0.2) is 24.3 Å². The summed E-state index contributed by atoms with van der Waals surface area (Å²) in [6, 6.07) is 4.48. The molecule has 0 spiro atoms. The summed E-state index contributed by atoms with van der Waals surface area (Å²) in [6.07, 6.45) is -2.58. The fraction of sp³-hybridized carbons (Fsp3) is 0.538. The summed E-state index contributed by atoms with van der Waals surface area (Å²) in [5.74, 6) is -0.455. The molecule has 21 heavy (non-hydrogen) atoms. The monoisotopic (exact) mass is 322 g/mol. The quantitative estimate of drug-likeness (QED) is 0.870. The van der Waals surface area contributed by atoms with Gasteiger partial charge in [-0.25, -0.2) is 13.1 Å². The number of alkyl halides is 3. The molecule has 1 aromatic rings. The summed E-state index contributed by atoms with van der Waals surface area (Å²) >= 11 is 0. The SMILES string of the molecule is O=S(=O)(Cc1cccc(C(F)(F)F)c1)NCC1CCCN1. The van der Waals surface area contributed by atoms with Crippen LogP contribution in [-0.2, 0) is 22.0 Å². The third kappa shape index (κ3) is 4.98. The Morgan fingerprint density at radius 1 is 1.33 bits per heavy atom. The molecule has 1 fully saturated rings. The Balaban J connectivity index is 1.99. The second-order valence-electron chi connectivity index (χ2n) is 5.10. The maximum atomic E-state index is 12.6. The second-order valence-corrected chi connectivity index (χ2v) is 6.91. The van der Waals surface area contributed by atoms with Crippen LogP contribution in [0.1, 0.15) is 24.0 Å². The molecule has 1 aliphatic rings. The van der Waals surface area contributed by atoms with E-state index in [0.29, 0.717) is 0 Å². The lowest BCUT2D eigenvalue weighted by molar-refractivity contribution is -0.137. The predicted molar refractivity (Wildman–Crippen MR) is 73.1 cm³/mol. The molecule has 0 bridgehead atoms. The van der Waals surface area contributed by atoms with Crippen molar-refractivity contribution in [1.29, 1.82) is 0 Å². The minimum absolute atomic E-state index is 0.0984. The average molecular weight is 322 g/mol. The highest BCUT2D eigenvalue weighted by Gasteiger charge is 2.30. The molecule has 0 amide bonds. The van der Waals surface area contributed by atoms with E-state index in [2.05, 4.69) is 10.0 Å². The van der Waals surface area contributed by atoms with Crippen LogP contribution in [0.5, 0.6) is 0 Å². The van der Waals surface area contributed by atoms with E-state index in [1.165, 1.54) is 12.1 Å². The average Bonchev–Trinajstić information content (AvgIpc) is 2.88. The zero-order chi connectivity index (χ0) is 15.5. The fourth-order valence-electron chi connectivity index (χ4n) is 2.27. The van der Waals surface area contributed by atoms with Crippen molar-refractivity contribution in [2.75, 3.05) is 13.1 Å². The van der Waals surface area contributed by atoms with Crippen LogP contribution >= 0.6 is 0 Å². The molecule has 4 nitrogen and oxygen atoms in total. The van der Waals surface area contributed by atoms with Crippen molar-refractivity contribution in [3.8, 4) is 0 Å². The van der Waals surface area contributed by atoms with E-state index in [-0.39, 0.29) is 18.2 Å². The van der Waals surface area contributed by atoms with E-state index in [0.717, 1.165) is 31.5 Å². The Morgan fingerprint density at radius 2 is 2.10 bits per heavy atom. The Kier molecular flexibility index (Phi) is 4.90. The summed E-state index contributed by atoms with van der Waals surface area (Å²) in [4.78, 5) is 0. The minimum atomic E-state index is -4.47. The Morgan fingerprint density at radius 3 is 2.71 bits per heavy atom. The number of nitrogens with one attached hydrogen (secondary N) is 2. The Bertz CT molecular complexity index is 581. The molecule has 1 heterocycles. The van der Waals surface area contributed by atoms with Crippen LogP contribution in [0, 0.1) is 0 Å². The second kappa shape index (κ2) is 6.33. The molecule has 0 radical (unpaired) electrons. The van der Waals surface area contributed by atoms with E-state index in [4.69, 9.17) is 0 Å². The van der Waals surface area contributed by atoms with Gasteiger partial charge in [0.15, 0.2) is 0 Å². The molecule has 0 saturated carbocycles. The van der Waals surface area contributed by atoms with Crippen LogP contribution in [0.2, 0.25) is 0 Å². The van der Waals surface area contributed by atoms with Gasteiger partial charge in [0.05, 0.1) is 11.3 Å². The Labute approximate surface area is 121 Å². The van der Waals surface area contributed by atoms with E-state index < -0.39 is 27.5 Å². The van der Waals surface area contributed by atoms with Crippen LogP contribution in [-0.4, -0.2) is 27.5 Å². The van der Waals surface area contributed by atoms with Gasteiger partial charge >= 0.3 is 6.18 Å². The number of benzene rings is 1. The summed E-state index contributed by atoms with van der Waals surface area (Å²) in [6.45, 7) is 1.13. The molecular formula is C13H17F3N2O2S. The third-order valence-electron chi connectivity index (χ3n) is 3.32. The molecule has 2 N–H and O–H groups in total. The summed E-state index contributed by atoms with van der Waals surface area (Å²) in [5.41, 5.74) is -0.718. The molecule has 118 valence electrons. The van der Waals surface area contributed by atoms with Gasteiger partial charge in [-0.05, 0) is 31.0 Å². The predicted octanol–water partition coefficient (Wildman–Crippen LogP) is 1.88. The van der Waals surface area contributed by atoms with Crippen LogP contribution in [0.3, 0.4) is 0 Å². The normalized spacial score (nSPS) is 19.9. The molecule has 1 atom stereocenters. The first-order chi connectivity index (χ1) is 9.76. The molecule has 1 saturated heterocycles. The number of halogens is 3. The maximum Gasteiger partial charge on any atom is 0.416 e. The lowest BCUT2D eigenvalue weighted by Crippen LogP contribution is -2.37. The van der Waals surface area contributed by atoms with E-state index >= 15 is 0 Å². The Hall–Kier alpha value is -1.12. The molecule has 2 rings (SSSR count). The van der Waals surface area contributed by atoms with Gasteiger partial charge in [-0.2, -0.15) is 13.2 Å². The van der Waals surface area contributed by atoms with E-state index in [9.17, 15) is 21.6 Å². The van der Waals surface area contributed by atoms with Crippen molar-refractivity contribution in [1.82, 2.24) is 10.0 Å². The highest BCUT2D eigenvalue weighted by atomic mass is 32.2. The smallest absolute Gasteiger partial charge is 0.313 e. The lowest BCUT2D eigenvalue weighted by atomic mass is 10.1.